The van der Waals surface area contributed by atoms with E-state index >= 15 is 0 Å². The molecule has 0 unspecified atom stereocenters. The Morgan fingerprint density at radius 2 is 2.08 bits per heavy atom. The number of benzene rings is 1. The molecule has 24 heavy (non-hydrogen) atoms. The van der Waals surface area contributed by atoms with Crippen LogP contribution in [0.3, 0.4) is 0 Å². The summed E-state index contributed by atoms with van der Waals surface area (Å²) in [5.74, 6) is 0.334. The minimum atomic E-state index is -4.26. The van der Waals surface area contributed by atoms with Crippen LogP contribution in [0.2, 0.25) is 0 Å². The quantitative estimate of drug-likeness (QED) is 0.876. The normalized spacial score (nSPS) is 26.7. The zero-order valence-corrected chi connectivity index (χ0v) is 13.2. The highest BCUT2D eigenvalue weighted by Gasteiger charge is 2.38. The van der Waals surface area contributed by atoms with Gasteiger partial charge in [-0.05, 0) is 43.4 Å². The standard InChI is InChI=1S/C17H21F3N2O2/c18-17(19,20)10-11-3-1-4-12(9-11)21-16(23)22-14-5-2-6-15-13(14)7-8-24-15/h1,3-4,9,13-15H,2,5-8,10H2,(H2,21,22,23)/t13-,14-,15+/m1/s1. The van der Waals surface area contributed by atoms with Crippen LogP contribution < -0.4 is 10.6 Å². The van der Waals surface area contributed by atoms with Gasteiger partial charge in [0.2, 0.25) is 0 Å². The molecule has 4 nitrogen and oxygen atoms in total. The Bertz CT molecular complexity index is 591. The maximum Gasteiger partial charge on any atom is 0.393 e. The fraction of sp³-hybridized carbons (Fsp3) is 0.588. The molecular weight excluding hydrogens is 321 g/mol. The number of halogens is 3. The molecule has 1 aromatic rings. The monoisotopic (exact) mass is 342 g/mol. The van der Waals surface area contributed by atoms with Crippen molar-refractivity contribution in [2.45, 2.75) is 50.4 Å². The Labute approximate surface area is 138 Å². The molecule has 1 aromatic carbocycles. The number of carbonyl (C=O) groups excluding carboxylic acids is 1. The number of fused-ring (bicyclic) bond motifs is 1. The van der Waals surface area contributed by atoms with Gasteiger partial charge in [-0.2, -0.15) is 13.2 Å². The third-order valence-corrected chi connectivity index (χ3v) is 4.69. The van der Waals surface area contributed by atoms with Crippen molar-refractivity contribution in [2.24, 2.45) is 5.92 Å². The summed E-state index contributed by atoms with van der Waals surface area (Å²) in [6.45, 7) is 0.731. The van der Waals surface area contributed by atoms with Gasteiger partial charge in [-0.15, -0.1) is 0 Å². The average molecular weight is 342 g/mol. The zero-order valence-electron chi connectivity index (χ0n) is 13.2. The fourth-order valence-electron chi connectivity index (χ4n) is 3.68. The van der Waals surface area contributed by atoms with Gasteiger partial charge in [0.15, 0.2) is 0 Å². The number of alkyl halides is 3. The van der Waals surface area contributed by atoms with E-state index in [4.69, 9.17) is 4.74 Å². The molecule has 132 valence electrons. The number of anilines is 1. The molecule has 1 aliphatic heterocycles. The van der Waals surface area contributed by atoms with Gasteiger partial charge in [0.05, 0.1) is 12.5 Å². The summed E-state index contributed by atoms with van der Waals surface area (Å²) >= 11 is 0. The molecule has 2 aliphatic rings. The first kappa shape index (κ1) is 17.1. The van der Waals surface area contributed by atoms with E-state index in [1.807, 2.05) is 0 Å². The molecule has 2 fully saturated rings. The SMILES string of the molecule is O=C(Nc1cccc(CC(F)(F)F)c1)N[C@@H]1CCC[C@@H]2OCC[C@@H]21. The minimum Gasteiger partial charge on any atom is -0.378 e. The molecule has 2 amide bonds. The third-order valence-electron chi connectivity index (χ3n) is 4.69. The zero-order chi connectivity index (χ0) is 17.2. The van der Waals surface area contributed by atoms with Crippen molar-refractivity contribution < 1.29 is 22.7 Å². The lowest BCUT2D eigenvalue weighted by Crippen LogP contribution is -2.47. The van der Waals surface area contributed by atoms with E-state index in [1.54, 1.807) is 6.07 Å². The summed E-state index contributed by atoms with van der Waals surface area (Å²) in [6, 6.07) is 5.54. The number of ether oxygens (including phenoxy) is 1. The van der Waals surface area contributed by atoms with Gasteiger partial charge in [0.1, 0.15) is 0 Å². The highest BCUT2D eigenvalue weighted by molar-refractivity contribution is 5.89. The number of amides is 2. The van der Waals surface area contributed by atoms with Gasteiger partial charge >= 0.3 is 12.2 Å². The molecule has 7 heteroatoms. The van der Waals surface area contributed by atoms with Crippen LogP contribution in [0.15, 0.2) is 24.3 Å². The predicted molar refractivity (Wildman–Crippen MR) is 83.8 cm³/mol. The summed E-state index contributed by atoms with van der Waals surface area (Å²) in [7, 11) is 0. The number of hydrogen-bond acceptors (Lipinski definition) is 2. The second-order valence-electron chi connectivity index (χ2n) is 6.49. The first-order valence-corrected chi connectivity index (χ1v) is 8.25. The number of rotatable bonds is 3. The average Bonchev–Trinajstić information content (AvgIpc) is 2.95. The second kappa shape index (κ2) is 7.01. The van der Waals surface area contributed by atoms with Crippen LogP contribution in [-0.2, 0) is 11.2 Å². The summed E-state index contributed by atoms with van der Waals surface area (Å²) < 4.78 is 43.0. The highest BCUT2D eigenvalue weighted by atomic mass is 19.4. The molecule has 0 spiro atoms. The first-order valence-electron chi connectivity index (χ1n) is 8.25. The summed E-state index contributed by atoms with van der Waals surface area (Å²) in [5.41, 5.74) is 0.492. The van der Waals surface area contributed by atoms with Crippen LogP contribution in [0.1, 0.15) is 31.2 Å². The van der Waals surface area contributed by atoms with Crippen molar-refractivity contribution in [3.05, 3.63) is 29.8 Å². The first-order chi connectivity index (χ1) is 11.4. The van der Waals surface area contributed by atoms with E-state index in [0.717, 1.165) is 32.3 Å². The highest BCUT2D eigenvalue weighted by Crippen LogP contribution is 2.34. The van der Waals surface area contributed by atoms with E-state index in [0.29, 0.717) is 11.6 Å². The van der Waals surface area contributed by atoms with Crippen molar-refractivity contribution >= 4 is 11.7 Å². The maximum absolute atomic E-state index is 12.5. The Kier molecular flexibility index (Phi) is 4.99. The number of nitrogens with one attached hydrogen (secondary N) is 2. The van der Waals surface area contributed by atoms with Crippen molar-refractivity contribution in [3.8, 4) is 0 Å². The molecule has 1 saturated heterocycles. The molecule has 1 saturated carbocycles. The molecule has 1 aliphatic carbocycles. The summed E-state index contributed by atoms with van der Waals surface area (Å²) in [5, 5.41) is 5.59. The van der Waals surface area contributed by atoms with Crippen LogP contribution in [0.4, 0.5) is 23.7 Å². The largest absolute Gasteiger partial charge is 0.393 e. The lowest BCUT2D eigenvalue weighted by Gasteiger charge is -2.33. The molecule has 2 N–H and O–H groups in total. The van der Waals surface area contributed by atoms with Gasteiger partial charge in [-0.1, -0.05) is 12.1 Å². The van der Waals surface area contributed by atoms with E-state index in [9.17, 15) is 18.0 Å². The van der Waals surface area contributed by atoms with E-state index in [-0.39, 0.29) is 23.7 Å². The smallest absolute Gasteiger partial charge is 0.378 e. The number of urea groups is 1. The van der Waals surface area contributed by atoms with Gasteiger partial charge in [0.25, 0.3) is 0 Å². The summed E-state index contributed by atoms with van der Waals surface area (Å²) in [4.78, 5) is 12.2. The topological polar surface area (TPSA) is 50.4 Å². The van der Waals surface area contributed by atoms with Crippen molar-refractivity contribution in [2.75, 3.05) is 11.9 Å². The summed E-state index contributed by atoms with van der Waals surface area (Å²) in [6.07, 6.45) is -1.16. The van der Waals surface area contributed by atoms with Crippen molar-refractivity contribution in [3.63, 3.8) is 0 Å². The number of hydrogen-bond donors (Lipinski definition) is 2. The second-order valence-corrected chi connectivity index (χ2v) is 6.49. The van der Waals surface area contributed by atoms with Crippen molar-refractivity contribution in [1.82, 2.24) is 5.32 Å². The fourth-order valence-corrected chi connectivity index (χ4v) is 3.68. The Morgan fingerprint density at radius 1 is 1.25 bits per heavy atom. The van der Waals surface area contributed by atoms with Crippen LogP contribution in [0, 0.1) is 5.92 Å². The van der Waals surface area contributed by atoms with Gasteiger partial charge in [-0.25, -0.2) is 4.79 Å². The molecular formula is C17H21F3N2O2. The van der Waals surface area contributed by atoms with E-state index in [2.05, 4.69) is 10.6 Å². The molecule has 1 heterocycles. The van der Waals surface area contributed by atoms with E-state index < -0.39 is 12.6 Å². The van der Waals surface area contributed by atoms with Gasteiger partial charge in [0, 0.05) is 24.3 Å². The van der Waals surface area contributed by atoms with E-state index in [1.165, 1.54) is 18.2 Å². The van der Waals surface area contributed by atoms with Crippen LogP contribution in [0.5, 0.6) is 0 Å². The molecule has 3 rings (SSSR count). The lowest BCUT2D eigenvalue weighted by molar-refractivity contribution is -0.127. The lowest BCUT2D eigenvalue weighted by atomic mass is 9.82. The Balaban J connectivity index is 1.57. The maximum atomic E-state index is 12.5. The predicted octanol–water partition coefficient (Wildman–Crippen LogP) is 3.87. The van der Waals surface area contributed by atoms with Gasteiger partial charge < -0.3 is 15.4 Å². The minimum absolute atomic E-state index is 0.0598. The van der Waals surface area contributed by atoms with Crippen LogP contribution in [-0.4, -0.2) is 31.0 Å². The molecule has 0 bridgehead atoms. The number of carbonyl (C=O) groups is 1. The van der Waals surface area contributed by atoms with Crippen molar-refractivity contribution in [1.29, 1.82) is 0 Å². The molecule has 3 atom stereocenters. The molecule has 0 radical (unpaired) electrons. The Morgan fingerprint density at radius 3 is 2.88 bits per heavy atom. The Hall–Kier alpha value is -1.76. The third kappa shape index (κ3) is 4.41. The van der Waals surface area contributed by atoms with Gasteiger partial charge in [-0.3, -0.25) is 0 Å². The molecule has 0 aromatic heterocycles. The van der Waals surface area contributed by atoms with Crippen LogP contribution >= 0.6 is 0 Å². The van der Waals surface area contributed by atoms with Crippen LogP contribution in [0.25, 0.3) is 0 Å².